The zero-order chi connectivity index (χ0) is 13.8. The lowest BCUT2D eigenvalue weighted by molar-refractivity contribution is 0.478. The van der Waals surface area contributed by atoms with Crippen LogP contribution in [0.15, 0.2) is 41.3 Å². The molecule has 0 aliphatic carbocycles. The van der Waals surface area contributed by atoms with Crippen molar-refractivity contribution in [1.82, 2.24) is 0 Å². The van der Waals surface area contributed by atoms with E-state index in [4.69, 9.17) is 15.7 Å². The lowest BCUT2D eigenvalue weighted by Gasteiger charge is -2.10. The fraction of sp³-hybridized carbons (Fsp3) is 0. The Morgan fingerprint density at radius 3 is 2.47 bits per heavy atom. The Balaban J connectivity index is 2.32. The number of hydrogen-bond donors (Lipinski definition) is 1. The minimum Gasteiger partial charge on any atom is -0.455 e. The van der Waals surface area contributed by atoms with Gasteiger partial charge in [0.15, 0.2) is 5.75 Å². The van der Waals surface area contributed by atoms with Crippen LogP contribution in [0.4, 0.5) is 14.5 Å². The van der Waals surface area contributed by atoms with Gasteiger partial charge in [-0.2, -0.15) is 5.26 Å². The summed E-state index contributed by atoms with van der Waals surface area (Å²) in [5, 5.41) is 10.3. The van der Waals surface area contributed by atoms with Crippen molar-refractivity contribution in [1.29, 1.82) is 5.26 Å². The summed E-state index contributed by atoms with van der Waals surface area (Å²) in [4.78, 5) is 0.119. The van der Waals surface area contributed by atoms with Gasteiger partial charge in [0.05, 0.1) is 10.6 Å². The SMILES string of the molecule is N#CSc1cc(Oc2ccc(F)cc2)c(N)cc1F. The van der Waals surface area contributed by atoms with Crippen LogP contribution < -0.4 is 10.5 Å². The second kappa shape index (κ2) is 5.59. The molecule has 0 saturated carbocycles. The van der Waals surface area contributed by atoms with Gasteiger partial charge in [-0.15, -0.1) is 0 Å². The molecule has 6 heteroatoms. The molecule has 0 radical (unpaired) electrons. The molecule has 0 spiro atoms. The first-order valence-corrected chi connectivity index (χ1v) is 6.00. The molecule has 0 saturated heterocycles. The quantitative estimate of drug-likeness (QED) is 0.525. The normalized spacial score (nSPS) is 9.95. The summed E-state index contributed by atoms with van der Waals surface area (Å²) >= 11 is 0.673. The summed E-state index contributed by atoms with van der Waals surface area (Å²) in [6.45, 7) is 0. The fourth-order valence-corrected chi connectivity index (χ4v) is 1.82. The molecule has 0 aromatic heterocycles. The highest BCUT2D eigenvalue weighted by Gasteiger charge is 2.10. The predicted molar refractivity (Wildman–Crippen MR) is 68.8 cm³/mol. The van der Waals surface area contributed by atoms with Crippen molar-refractivity contribution in [2.45, 2.75) is 4.90 Å². The fourth-order valence-electron chi connectivity index (χ4n) is 1.40. The minimum atomic E-state index is -0.587. The van der Waals surface area contributed by atoms with Crippen LogP contribution >= 0.6 is 11.8 Å². The number of ether oxygens (including phenoxy) is 1. The van der Waals surface area contributed by atoms with Gasteiger partial charge in [-0.3, -0.25) is 0 Å². The van der Waals surface area contributed by atoms with E-state index < -0.39 is 5.82 Å². The van der Waals surface area contributed by atoms with Crippen LogP contribution in [0.3, 0.4) is 0 Å². The van der Waals surface area contributed by atoms with Crippen molar-refractivity contribution in [3.63, 3.8) is 0 Å². The number of anilines is 1. The molecule has 0 aliphatic heterocycles. The van der Waals surface area contributed by atoms with Crippen molar-refractivity contribution in [3.8, 4) is 16.9 Å². The van der Waals surface area contributed by atoms with Gasteiger partial charge in [-0.05, 0) is 36.0 Å². The Morgan fingerprint density at radius 1 is 1.16 bits per heavy atom. The van der Waals surface area contributed by atoms with E-state index in [0.717, 1.165) is 6.07 Å². The largest absolute Gasteiger partial charge is 0.455 e. The highest BCUT2D eigenvalue weighted by atomic mass is 32.2. The van der Waals surface area contributed by atoms with E-state index >= 15 is 0 Å². The number of nitrogens with zero attached hydrogens (tertiary/aromatic N) is 1. The van der Waals surface area contributed by atoms with Gasteiger partial charge in [0, 0.05) is 12.1 Å². The second-order valence-electron chi connectivity index (χ2n) is 3.57. The van der Waals surface area contributed by atoms with Gasteiger partial charge in [-0.25, -0.2) is 8.78 Å². The Labute approximate surface area is 112 Å². The summed E-state index contributed by atoms with van der Waals surface area (Å²) in [6.07, 6.45) is 0. The van der Waals surface area contributed by atoms with Crippen LogP contribution in [0.2, 0.25) is 0 Å². The predicted octanol–water partition coefficient (Wildman–Crippen LogP) is 3.91. The Bertz CT molecular complexity index is 638. The number of benzene rings is 2. The standard InChI is InChI=1S/C13H8F2N2OS/c14-8-1-3-9(4-2-8)18-12-6-13(19-7-16)10(15)5-11(12)17/h1-6H,17H2. The Hall–Kier alpha value is -2.26. The van der Waals surface area contributed by atoms with Crippen molar-refractivity contribution in [3.05, 3.63) is 48.0 Å². The summed E-state index contributed by atoms with van der Waals surface area (Å²) in [5.41, 5.74) is 5.73. The smallest absolute Gasteiger partial charge is 0.151 e. The summed E-state index contributed by atoms with van der Waals surface area (Å²) in [7, 11) is 0. The monoisotopic (exact) mass is 278 g/mol. The molecule has 0 amide bonds. The molecule has 96 valence electrons. The molecule has 0 aliphatic rings. The molecule has 2 N–H and O–H groups in total. The number of thiocyanates is 1. The van der Waals surface area contributed by atoms with Gasteiger partial charge < -0.3 is 10.5 Å². The van der Waals surface area contributed by atoms with Crippen LogP contribution in [-0.2, 0) is 0 Å². The molecule has 0 atom stereocenters. The third-order valence-corrected chi connectivity index (χ3v) is 2.89. The highest BCUT2D eigenvalue weighted by molar-refractivity contribution is 8.03. The first kappa shape index (κ1) is 13.2. The Morgan fingerprint density at radius 2 is 1.84 bits per heavy atom. The number of halogens is 2. The lowest BCUT2D eigenvalue weighted by Crippen LogP contribution is -1.94. The van der Waals surface area contributed by atoms with Crippen molar-refractivity contribution in [2.24, 2.45) is 0 Å². The van der Waals surface area contributed by atoms with Gasteiger partial charge >= 0.3 is 0 Å². The molecule has 0 bridgehead atoms. The summed E-state index contributed by atoms with van der Waals surface area (Å²) < 4.78 is 31.6. The molecule has 0 fully saturated rings. The molecular formula is C13H8F2N2OS. The van der Waals surface area contributed by atoms with E-state index in [1.165, 1.54) is 30.3 Å². The molecule has 2 aromatic rings. The third kappa shape index (κ3) is 3.14. The van der Waals surface area contributed by atoms with Crippen LogP contribution in [0.5, 0.6) is 11.5 Å². The topological polar surface area (TPSA) is 59.0 Å². The van der Waals surface area contributed by atoms with Crippen LogP contribution in [-0.4, -0.2) is 0 Å². The maximum Gasteiger partial charge on any atom is 0.151 e. The van der Waals surface area contributed by atoms with Crippen LogP contribution in [0, 0.1) is 22.3 Å². The van der Waals surface area contributed by atoms with E-state index in [2.05, 4.69) is 0 Å². The summed E-state index contributed by atoms with van der Waals surface area (Å²) in [5.74, 6) is -0.394. The average Bonchev–Trinajstić information content (AvgIpc) is 2.38. The molecule has 2 rings (SSSR count). The minimum absolute atomic E-state index is 0.101. The van der Waals surface area contributed by atoms with E-state index in [9.17, 15) is 8.78 Å². The number of rotatable bonds is 3. The lowest BCUT2D eigenvalue weighted by atomic mass is 10.3. The number of thioether (sulfide) groups is 1. The Kier molecular flexibility index (Phi) is 3.88. The molecule has 19 heavy (non-hydrogen) atoms. The number of nitriles is 1. The van der Waals surface area contributed by atoms with Crippen LogP contribution in [0.25, 0.3) is 0 Å². The second-order valence-corrected chi connectivity index (χ2v) is 4.40. The van der Waals surface area contributed by atoms with E-state index in [0.29, 0.717) is 17.5 Å². The van der Waals surface area contributed by atoms with Crippen molar-refractivity contribution in [2.75, 3.05) is 5.73 Å². The van der Waals surface area contributed by atoms with E-state index in [1.807, 2.05) is 0 Å². The molecule has 3 nitrogen and oxygen atoms in total. The van der Waals surface area contributed by atoms with Crippen molar-refractivity contribution >= 4 is 17.4 Å². The molecule has 0 heterocycles. The van der Waals surface area contributed by atoms with Gasteiger partial charge in [0.2, 0.25) is 0 Å². The maximum atomic E-state index is 13.5. The summed E-state index contributed by atoms with van der Waals surface area (Å²) in [6, 6.07) is 7.74. The van der Waals surface area contributed by atoms with Crippen LogP contribution in [0.1, 0.15) is 0 Å². The average molecular weight is 278 g/mol. The van der Waals surface area contributed by atoms with E-state index in [1.54, 1.807) is 5.40 Å². The number of nitrogen functional groups attached to an aromatic ring is 1. The first-order valence-electron chi connectivity index (χ1n) is 5.18. The van der Waals surface area contributed by atoms with E-state index in [-0.39, 0.29) is 22.1 Å². The number of hydrogen-bond acceptors (Lipinski definition) is 4. The van der Waals surface area contributed by atoms with Crippen molar-refractivity contribution < 1.29 is 13.5 Å². The molecule has 0 unspecified atom stereocenters. The number of nitrogens with two attached hydrogens (primary N) is 1. The highest BCUT2D eigenvalue weighted by Crippen LogP contribution is 2.33. The maximum absolute atomic E-state index is 13.5. The molecule has 2 aromatic carbocycles. The van der Waals surface area contributed by atoms with Gasteiger partial charge in [0.25, 0.3) is 0 Å². The third-order valence-electron chi connectivity index (χ3n) is 2.26. The zero-order valence-corrected chi connectivity index (χ0v) is 10.4. The van der Waals surface area contributed by atoms with Gasteiger partial charge in [0.1, 0.15) is 22.8 Å². The molecular weight excluding hydrogens is 270 g/mol. The zero-order valence-electron chi connectivity index (χ0n) is 9.56. The van der Waals surface area contributed by atoms with Gasteiger partial charge in [-0.1, -0.05) is 0 Å². The first-order chi connectivity index (χ1) is 9.10.